The van der Waals surface area contributed by atoms with Crippen molar-refractivity contribution in [3.8, 4) is 0 Å². The topological polar surface area (TPSA) is 101 Å². The number of amides is 2. The van der Waals surface area contributed by atoms with E-state index in [1.165, 1.54) is 4.68 Å². The number of carboxylic acid groups (broad SMARTS) is 1. The van der Waals surface area contributed by atoms with Gasteiger partial charge in [-0.3, -0.25) is 9.48 Å². The van der Waals surface area contributed by atoms with Crippen LogP contribution in [0.5, 0.6) is 0 Å². The third-order valence-electron chi connectivity index (χ3n) is 4.71. The van der Waals surface area contributed by atoms with Crippen molar-refractivity contribution in [2.24, 2.45) is 5.73 Å². The number of nitrogens with zero attached hydrogens (tertiary/aromatic N) is 3. The number of aromatic nitrogens is 2. The molecule has 126 valence electrons. The van der Waals surface area contributed by atoms with Gasteiger partial charge in [-0.05, 0) is 12.8 Å². The van der Waals surface area contributed by atoms with Gasteiger partial charge in [-0.25, -0.2) is 4.79 Å². The predicted octanol–water partition coefficient (Wildman–Crippen LogP) is 1.46. The number of primary amides is 1. The van der Waals surface area contributed by atoms with Crippen molar-refractivity contribution in [2.75, 3.05) is 6.54 Å². The Hall–Kier alpha value is -2.26. The lowest BCUT2D eigenvalue weighted by atomic mass is 9.63. The zero-order chi connectivity index (χ0) is 17.0. The molecule has 3 rings (SSSR count). The van der Waals surface area contributed by atoms with E-state index in [4.69, 9.17) is 10.8 Å². The van der Waals surface area contributed by atoms with Crippen molar-refractivity contribution in [1.29, 1.82) is 0 Å². The van der Waals surface area contributed by atoms with Gasteiger partial charge >= 0.3 is 12.3 Å². The van der Waals surface area contributed by atoms with Gasteiger partial charge in [0.15, 0.2) is 5.69 Å². The van der Waals surface area contributed by atoms with E-state index in [2.05, 4.69) is 5.10 Å². The summed E-state index contributed by atoms with van der Waals surface area (Å²) in [7, 11) is 0. The lowest BCUT2D eigenvalue weighted by Crippen LogP contribution is -2.50. The van der Waals surface area contributed by atoms with Crippen LogP contribution in [0, 0.1) is 0 Å². The second-order valence-electron chi connectivity index (χ2n) is 5.90. The third-order valence-corrected chi connectivity index (χ3v) is 4.71. The largest absolute Gasteiger partial charge is 0.465 e. The number of nitrogens with two attached hydrogens (primary N) is 1. The summed E-state index contributed by atoms with van der Waals surface area (Å²) < 4.78 is 42.3. The van der Waals surface area contributed by atoms with E-state index in [9.17, 15) is 22.8 Å². The lowest BCUT2D eigenvalue weighted by Gasteiger charge is -2.44. The molecule has 1 aliphatic carbocycles. The number of alkyl halides is 3. The molecule has 0 radical (unpaired) electrons. The summed E-state index contributed by atoms with van der Waals surface area (Å²) in [5.74, 6) is -1.03. The van der Waals surface area contributed by atoms with Gasteiger partial charge in [-0.2, -0.15) is 18.3 Å². The molecule has 2 aliphatic rings. The predicted molar refractivity (Wildman–Crippen MR) is 70.8 cm³/mol. The Morgan fingerprint density at radius 2 is 1.91 bits per heavy atom. The molecule has 0 spiro atoms. The van der Waals surface area contributed by atoms with Crippen molar-refractivity contribution < 1.29 is 27.9 Å². The Bertz CT molecular complexity index is 679. The Morgan fingerprint density at radius 3 is 2.35 bits per heavy atom. The summed E-state index contributed by atoms with van der Waals surface area (Å²) in [6.45, 7) is -0.0424. The molecule has 7 nitrogen and oxygen atoms in total. The van der Waals surface area contributed by atoms with E-state index in [-0.39, 0.29) is 43.7 Å². The molecular formula is C13H15F3N4O3. The van der Waals surface area contributed by atoms with Gasteiger partial charge in [0.05, 0.1) is 24.2 Å². The van der Waals surface area contributed by atoms with E-state index in [0.717, 1.165) is 4.90 Å². The highest BCUT2D eigenvalue weighted by atomic mass is 19.4. The third kappa shape index (κ3) is 2.15. The standard InChI is InChI=1S/C13H15F3N4O3/c14-13(15,16)12(2-1-3-12)8-7-6-19(11(22)23)4-5-20(7)18-9(8)10(17)21/h1-6H2,(H2,17,21)(H,22,23). The Labute approximate surface area is 128 Å². The summed E-state index contributed by atoms with van der Waals surface area (Å²) >= 11 is 0. The first-order valence-electron chi connectivity index (χ1n) is 7.12. The van der Waals surface area contributed by atoms with Crippen LogP contribution >= 0.6 is 0 Å². The number of halogens is 3. The molecule has 10 heteroatoms. The van der Waals surface area contributed by atoms with E-state index in [1.807, 2.05) is 0 Å². The van der Waals surface area contributed by atoms with Crippen LogP contribution < -0.4 is 5.73 Å². The van der Waals surface area contributed by atoms with Crippen LogP contribution in [0.3, 0.4) is 0 Å². The number of fused-ring (bicyclic) bond motifs is 1. The van der Waals surface area contributed by atoms with Gasteiger partial charge in [-0.15, -0.1) is 0 Å². The summed E-state index contributed by atoms with van der Waals surface area (Å²) in [6, 6.07) is 0. The van der Waals surface area contributed by atoms with Crippen LogP contribution in [-0.4, -0.2) is 44.5 Å². The first-order chi connectivity index (χ1) is 10.7. The Morgan fingerprint density at radius 1 is 1.26 bits per heavy atom. The molecule has 0 aromatic carbocycles. The van der Waals surface area contributed by atoms with Crippen molar-refractivity contribution in [3.63, 3.8) is 0 Å². The first kappa shape index (κ1) is 15.6. The molecule has 1 saturated carbocycles. The first-order valence-corrected chi connectivity index (χ1v) is 7.12. The molecule has 23 heavy (non-hydrogen) atoms. The minimum atomic E-state index is -4.55. The van der Waals surface area contributed by atoms with Crippen molar-refractivity contribution in [1.82, 2.24) is 14.7 Å². The second-order valence-corrected chi connectivity index (χ2v) is 5.90. The molecule has 2 heterocycles. The van der Waals surface area contributed by atoms with Gasteiger partial charge < -0.3 is 15.7 Å². The smallest absolute Gasteiger partial charge is 0.407 e. The number of carbonyl (C=O) groups is 2. The lowest BCUT2D eigenvalue weighted by molar-refractivity contribution is -0.213. The SMILES string of the molecule is NC(=O)c1nn2c(c1C1(C(F)(F)F)CCC1)CN(C(=O)O)CC2. The molecule has 0 saturated heterocycles. The zero-order valence-electron chi connectivity index (χ0n) is 12.1. The number of carbonyl (C=O) groups excluding carboxylic acids is 1. The highest BCUT2D eigenvalue weighted by Crippen LogP contribution is 2.56. The second kappa shape index (κ2) is 4.87. The summed E-state index contributed by atoms with van der Waals surface area (Å²) in [6.07, 6.45) is -5.69. The van der Waals surface area contributed by atoms with Crippen LogP contribution in [0.1, 0.15) is 41.0 Å². The molecule has 1 aliphatic heterocycles. The molecule has 1 fully saturated rings. The highest BCUT2D eigenvalue weighted by Gasteiger charge is 2.62. The van der Waals surface area contributed by atoms with Crippen LogP contribution in [-0.2, 0) is 18.5 Å². The van der Waals surface area contributed by atoms with Crippen molar-refractivity contribution >= 4 is 12.0 Å². The van der Waals surface area contributed by atoms with E-state index < -0.39 is 29.3 Å². The van der Waals surface area contributed by atoms with Crippen molar-refractivity contribution in [3.05, 3.63) is 17.0 Å². The maximum Gasteiger partial charge on any atom is 0.407 e. The fourth-order valence-electron chi connectivity index (χ4n) is 3.36. The number of rotatable bonds is 2. The quantitative estimate of drug-likeness (QED) is 0.856. The fourth-order valence-corrected chi connectivity index (χ4v) is 3.36. The zero-order valence-corrected chi connectivity index (χ0v) is 12.1. The minimum absolute atomic E-state index is 0.0931. The van der Waals surface area contributed by atoms with Gasteiger partial charge in [0.25, 0.3) is 5.91 Å². The molecule has 1 aromatic rings. The van der Waals surface area contributed by atoms with Gasteiger partial charge in [-0.1, -0.05) is 6.42 Å². The van der Waals surface area contributed by atoms with Crippen LogP contribution in [0.15, 0.2) is 0 Å². The molecule has 0 unspecified atom stereocenters. The van der Waals surface area contributed by atoms with E-state index in [0.29, 0.717) is 6.42 Å². The van der Waals surface area contributed by atoms with Crippen LogP contribution in [0.2, 0.25) is 0 Å². The summed E-state index contributed by atoms with van der Waals surface area (Å²) in [5, 5.41) is 13.0. The Kier molecular flexibility index (Phi) is 3.31. The monoisotopic (exact) mass is 332 g/mol. The molecule has 0 atom stereocenters. The maximum absolute atomic E-state index is 13.7. The summed E-state index contributed by atoms with van der Waals surface area (Å²) in [5.41, 5.74) is 2.54. The minimum Gasteiger partial charge on any atom is -0.465 e. The van der Waals surface area contributed by atoms with Gasteiger partial charge in [0, 0.05) is 12.1 Å². The normalized spacial score (nSPS) is 19.9. The molecule has 0 bridgehead atoms. The van der Waals surface area contributed by atoms with Gasteiger partial charge in [0.1, 0.15) is 0 Å². The average molecular weight is 332 g/mol. The number of hydrogen-bond donors (Lipinski definition) is 2. The van der Waals surface area contributed by atoms with Crippen LogP contribution in [0.25, 0.3) is 0 Å². The maximum atomic E-state index is 13.7. The Balaban J connectivity index is 2.18. The molecular weight excluding hydrogens is 317 g/mol. The van der Waals surface area contributed by atoms with E-state index in [1.54, 1.807) is 0 Å². The molecule has 3 N–H and O–H groups in total. The van der Waals surface area contributed by atoms with Crippen LogP contribution in [0.4, 0.5) is 18.0 Å². The highest BCUT2D eigenvalue weighted by molar-refractivity contribution is 5.93. The van der Waals surface area contributed by atoms with Crippen molar-refractivity contribution in [2.45, 2.75) is 43.9 Å². The fraction of sp³-hybridized carbons (Fsp3) is 0.615. The summed E-state index contributed by atoms with van der Waals surface area (Å²) in [4.78, 5) is 23.8. The number of hydrogen-bond acceptors (Lipinski definition) is 3. The van der Waals surface area contributed by atoms with Gasteiger partial charge in [0.2, 0.25) is 0 Å². The average Bonchev–Trinajstić information content (AvgIpc) is 2.75. The van der Waals surface area contributed by atoms with E-state index >= 15 is 0 Å². The molecule has 2 amide bonds. The molecule has 1 aromatic heterocycles.